The van der Waals surface area contributed by atoms with E-state index in [1.165, 1.54) is 4.90 Å². The zero-order valence-corrected chi connectivity index (χ0v) is 19.2. The summed E-state index contributed by atoms with van der Waals surface area (Å²) in [4.78, 5) is 35.0. The molecule has 0 bridgehead atoms. The van der Waals surface area contributed by atoms with Crippen LogP contribution in [-0.4, -0.2) is 75.5 Å². The van der Waals surface area contributed by atoms with Crippen LogP contribution >= 0.6 is 0 Å². The summed E-state index contributed by atoms with van der Waals surface area (Å²) in [5.41, 5.74) is 3.27. The summed E-state index contributed by atoms with van der Waals surface area (Å²) in [7, 11) is 5.52. The molecule has 0 spiro atoms. The number of anilines is 2. The summed E-state index contributed by atoms with van der Waals surface area (Å²) >= 11 is 0. The van der Waals surface area contributed by atoms with Gasteiger partial charge in [0.2, 0.25) is 0 Å². The van der Waals surface area contributed by atoms with Crippen LogP contribution in [0.3, 0.4) is 0 Å². The van der Waals surface area contributed by atoms with Gasteiger partial charge in [0.1, 0.15) is 11.4 Å². The Labute approximate surface area is 189 Å². The largest absolute Gasteiger partial charge is 0.497 e. The lowest BCUT2D eigenvalue weighted by molar-refractivity contribution is -0.120. The average molecular weight is 435 g/mol. The van der Waals surface area contributed by atoms with Crippen molar-refractivity contribution in [3.8, 4) is 5.75 Å². The minimum Gasteiger partial charge on any atom is -0.497 e. The van der Waals surface area contributed by atoms with Crippen LogP contribution in [0.5, 0.6) is 5.75 Å². The van der Waals surface area contributed by atoms with Gasteiger partial charge >= 0.3 is 0 Å². The van der Waals surface area contributed by atoms with E-state index < -0.39 is 0 Å². The fourth-order valence-corrected chi connectivity index (χ4v) is 4.25. The Morgan fingerprint density at radius 2 is 1.50 bits per heavy atom. The first-order valence-corrected chi connectivity index (χ1v) is 11.0. The van der Waals surface area contributed by atoms with E-state index in [0.717, 1.165) is 44.0 Å². The maximum absolute atomic E-state index is 13.6. The smallest absolute Gasteiger partial charge is 0.282 e. The van der Waals surface area contributed by atoms with Gasteiger partial charge < -0.3 is 19.4 Å². The summed E-state index contributed by atoms with van der Waals surface area (Å²) in [5.74, 6) is 0.162. The Bertz CT molecular complexity index is 1020. The molecule has 2 aliphatic heterocycles. The van der Waals surface area contributed by atoms with Crippen LogP contribution in [0.15, 0.2) is 54.2 Å². The number of rotatable bonds is 6. The summed E-state index contributed by atoms with van der Waals surface area (Å²) in [6.45, 7) is 6.30. The number of carbonyl (C=O) groups is 2. The highest BCUT2D eigenvalue weighted by Crippen LogP contribution is 2.36. The molecule has 168 valence electrons. The highest BCUT2D eigenvalue weighted by atomic mass is 16.5. The molecule has 0 radical (unpaired) electrons. The van der Waals surface area contributed by atoms with Crippen LogP contribution in [0.2, 0.25) is 0 Å². The minimum atomic E-state index is -0.286. The molecule has 2 aromatic carbocycles. The lowest BCUT2D eigenvalue weighted by Crippen LogP contribution is -2.47. The number of hydrogen-bond donors (Lipinski definition) is 0. The number of ether oxygens (including phenoxy) is 1. The molecular formula is C25H30N4O3. The molecule has 4 rings (SSSR count). The molecule has 1 fully saturated rings. The van der Waals surface area contributed by atoms with Crippen LogP contribution in [-0.2, 0) is 9.59 Å². The molecular weight excluding hydrogens is 404 g/mol. The molecule has 2 amide bonds. The zero-order chi connectivity index (χ0) is 22.8. The minimum absolute atomic E-state index is 0.261. The topological polar surface area (TPSA) is 56.3 Å². The van der Waals surface area contributed by atoms with Gasteiger partial charge in [0.05, 0.1) is 18.4 Å². The lowest BCUT2D eigenvalue weighted by Gasteiger charge is -2.36. The van der Waals surface area contributed by atoms with Crippen LogP contribution in [0.25, 0.3) is 5.57 Å². The summed E-state index contributed by atoms with van der Waals surface area (Å²) in [5, 5.41) is 0. The van der Waals surface area contributed by atoms with Gasteiger partial charge in [-0.3, -0.25) is 9.59 Å². The first kappa shape index (κ1) is 21.9. The SMILES string of the molecule is CCN1CCN(C2=C(c3ccc(OC)cc3)C(=O)N(c3ccc(N(C)C)cc3)C2=O)CC1. The molecule has 2 aromatic rings. The summed E-state index contributed by atoms with van der Waals surface area (Å²) < 4.78 is 5.27. The fourth-order valence-electron chi connectivity index (χ4n) is 4.25. The van der Waals surface area contributed by atoms with E-state index in [4.69, 9.17) is 4.74 Å². The van der Waals surface area contributed by atoms with Gasteiger partial charge in [0.25, 0.3) is 11.8 Å². The number of benzene rings is 2. The van der Waals surface area contributed by atoms with Gasteiger partial charge in [0, 0.05) is 46.0 Å². The van der Waals surface area contributed by atoms with Crippen molar-refractivity contribution in [2.24, 2.45) is 0 Å². The number of piperazine rings is 1. The molecule has 0 aliphatic carbocycles. The fraction of sp³-hybridized carbons (Fsp3) is 0.360. The quantitative estimate of drug-likeness (QED) is 0.652. The Kier molecular flexibility index (Phi) is 6.19. The third-order valence-corrected chi connectivity index (χ3v) is 6.20. The highest BCUT2D eigenvalue weighted by Gasteiger charge is 2.43. The van der Waals surface area contributed by atoms with E-state index in [1.54, 1.807) is 7.11 Å². The van der Waals surface area contributed by atoms with Crippen molar-refractivity contribution in [3.05, 3.63) is 59.8 Å². The molecule has 2 heterocycles. The predicted octanol–water partition coefficient (Wildman–Crippen LogP) is 2.68. The van der Waals surface area contributed by atoms with E-state index in [2.05, 4.69) is 16.7 Å². The maximum atomic E-state index is 13.6. The first-order chi connectivity index (χ1) is 15.4. The van der Waals surface area contributed by atoms with Crippen molar-refractivity contribution in [3.63, 3.8) is 0 Å². The van der Waals surface area contributed by atoms with Crippen LogP contribution in [0.4, 0.5) is 11.4 Å². The second kappa shape index (κ2) is 9.04. The lowest BCUT2D eigenvalue weighted by atomic mass is 10.0. The number of carbonyl (C=O) groups excluding carboxylic acids is 2. The highest BCUT2D eigenvalue weighted by molar-refractivity contribution is 6.45. The molecule has 0 saturated carbocycles. The Morgan fingerprint density at radius 3 is 2.03 bits per heavy atom. The molecule has 0 aromatic heterocycles. The first-order valence-electron chi connectivity index (χ1n) is 11.0. The normalized spacial score (nSPS) is 17.4. The molecule has 2 aliphatic rings. The zero-order valence-electron chi connectivity index (χ0n) is 19.2. The predicted molar refractivity (Wildman–Crippen MR) is 127 cm³/mol. The van der Waals surface area contributed by atoms with Gasteiger partial charge in [-0.25, -0.2) is 4.90 Å². The Morgan fingerprint density at radius 1 is 0.875 bits per heavy atom. The van der Waals surface area contributed by atoms with Crippen molar-refractivity contribution >= 4 is 28.8 Å². The standard InChI is InChI=1S/C25H30N4O3/c1-5-27-14-16-28(17-15-27)23-22(18-6-12-21(32-4)13-7-18)24(30)29(25(23)31)20-10-8-19(9-11-20)26(2)3/h6-13H,5,14-17H2,1-4H3. The number of amides is 2. The number of hydrogen-bond acceptors (Lipinski definition) is 6. The van der Waals surface area contributed by atoms with E-state index in [9.17, 15) is 9.59 Å². The molecule has 1 saturated heterocycles. The third-order valence-electron chi connectivity index (χ3n) is 6.20. The number of nitrogens with zero attached hydrogens (tertiary/aromatic N) is 4. The molecule has 7 heteroatoms. The van der Waals surface area contributed by atoms with E-state index in [0.29, 0.717) is 22.7 Å². The van der Waals surface area contributed by atoms with Crippen molar-refractivity contribution in [1.82, 2.24) is 9.80 Å². The van der Waals surface area contributed by atoms with Crippen molar-refractivity contribution in [2.75, 3.05) is 63.7 Å². The Hall–Kier alpha value is -3.32. The van der Waals surface area contributed by atoms with Gasteiger partial charge in [-0.05, 0) is 48.5 Å². The van der Waals surface area contributed by atoms with Gasteiger partial charge in [-0.2, -0.15) is 0 Å². The number of likely N-dealkylation sites (N-methyl/N-ethyl adjacent to an activating group) is 1. The molecule has 7 nitrogen and oxygen atoms in total. The van der Waals surface area contributed by atoms with Gasteiger partial charge in [-0.15, -0.1) is 0 Å². The van der Waals surface area contributed by atoms with Crippen LogP contribution in [0, 0.1) is 0 Å². The van der Waals surface area contributed by atoms with E-state index >= 15 is 0 Å². The van der Waals surface area contributed by atoms with Crippen molar-refractivity contribution in [1.29, 1.82) is 0 Å². The summed E-state index contributed by atoms with van der Waals surface area (Å²) in [6.07, 6.45) is 0. The molecule has 32 heavy (non-hydrogen) atoms. The molecule has 0 unspecified atom stereocenters. The second-order valence-electron chi connectivity index (χ2n) is 8.23. The Balaban J connectivity index is 1.74. The second-order valence-corrected chi connectivity index (χ2v) is 8.23. The monoisotopic (exact) mass is 434 g/mol. The number of methoxy groups -OCH3 is 1. The maximum Gasteiger partial charge on any atom is 0.282 e. The van der Waals surface area contributed by atoms with Crippen LogP contribution in [0.1, 0.15) is 12.5 Å². The van der Waals surface area contributed by atoms with Gasteiger partial charge in [-0.1, -0.05) is 19.1 Å². The van der Waals surface area contributed by atoms with Crippen molar-refractivity contribution < 1.29 is 14.3 Å². The van der Waals surface area contributed by atoms with Crippen molar-refractivity contribution in [2.45, 2.75) is 6.92 Å². The van der Waals surface area contributed by atoms with E-state index in [-0.39, 0.29) is 11.8 Å². The number of imide groups is 1. The molecule has 0 atom stereocenters. The third kappa shape index (κ3) is 3.96. The molecule has 0 N–H and O–H groups in total. The van der Waals surface area contributed by atoms with E-state index in [1.807, 2.05) is 67.5 Å². The van der Waals surface area contributed by atoms with Crippen LogP contribution < -0.4 is 14.5 Å². The average Bonchev–Trinajstić information content (AvgIpc) is 3.09. The van der Waals surface area contributed by atoms with Gasteiger partial charge in [0.15, 0.2) is 0 Å². The summed E-state index contributed by atoms with van der Waals surface area (Å²) in [6, 6.07) is 14.8.